The first-order chi connectivity index (χ1) is 9.11. The monoisotopic (exact) mass is 266 g/mol. The minimum Gasteiger partial charge on any atom is -0.450 e. The first-order valence-electron chi connectivity index (χ1n) is 6.55. The van der Waals surface area contributed by atoms with E-state index >= 15 is 0 Å². The highest BCUT2D eigenvalue weighted by molar-refractivity contribution is 5.95. The minimum atomic E-state index is -1.18. The highest BCUT2D eigenvalue weighted by Crippen LogP contribution is 2.03. The molecule has 0 aliphatic carbocycles. The van der Waals surface area contributed by atoms with E-state index in [1.165, 1.54) is 0 Å². The lowest BCUT2D eigenvalue weighted by atomic mass is 10.1. The SMILES string of the molecule is CCCC(=O)c1ccccc1.CCCCOC(=O)O. The molecule has 0 bridgehead atoms. The Labute approximate surface area is 114 Å². The molecule has 0 aliphatic heterocycles. The second-order valence-corrected chi connectivity index (χ2v) is 4.01. The molecule has 0 fully saturated rings. The predicted octanol–water partition coefficient (Wildman–Crippen LogP) is 4.15. The van der Waals surface area contributed by atoms with Gasteiger partial charge in [-0.15, -0.1) is 0 Å². The average molecular weight is 266 g/mol. The maximum Gasteiger partial charge on any atom is 0.505 e. The van der Waals surface area contributed by atoms with Crippen molar-refractivity contribution >= 4 is 11.9 Å². The molecule has 1 aromatic carbocycles. The molecule has 0 aromatic heterocycles. The largest absolute Gasteiger partial charge is 0.505 e. The Bertz CT molecular complexity index is 360. The van der Waals surface area contributed by atoms with E-state index < -0.39 is 6.16 Å². The maximum absolute atomic E-state index is 11.2. The zero-order valence-corrected chi connectivity index (χ0v) is 11.6. The van der Waals surface area contributed by atoms with Crippen molar-refractivity contribution in [3.63, 3.8) is 0 Å². The van der Waals surface area contributed by atoms with Gasteiger partial charge in [0.05, 0.1) is 6.61 Å². The van der Waals surface area contributed by atoms with Crippen molar-refractivity contribution in [1.29, 1.82) is 0 Å². The first kappa shape index (κ1) is 17.2. The molecule has 0 saturated carbocycles. The third kappa shape index (κ3) is 9.83. The molecule has 0 heterocycles. The fraction of sp³-hybridized carbons (Fsp3) is 0.467. The van der Waals surface area contributed by atoms with Gasteiger partial charge in [-0.25, -0.2) is 4.79 Å². The fourth-order valence-electron chi connectivity index (χ4n) is 1.30. The molecule has 4 heteroatoms. The van der Waals surface area contributed by atoms with Gasteiger partial charge in [0.2, 0.25) is 0 Å². The number of hydrogen-bond acceptors (Lipinski definition) is 3. The Morgan fingerprint density at radius 1 is 1.11 bits per heavy atom. The lowest BCUT2D eigenvalue weighted by molar-refractivity contribution is 0.0903. The van der Waals surface area contributed by atoms with E-state index in [9.17, 15) is 9.59 Å². The second kappa shape index (κ2) is 11.3. The summed E-state index contributed by atoms with van der Waals surface area (Å²) in [6, 6.07) is 9.42. The Kier molecular flexibility index (Phi) is 10.2. The summed E-state index contributed by atoms with van der Waals surface area (Å²) < 4.78 is 4.20. The van der Waals surface area contributed by atoms with Gasteiger partial charge in [-0.3, -0.25) is 4.79 Å². The molecule has 0 saturated heterocycles. The van der Waals surface area contributed by atoms with Gasteiger partial charge in [0.25, 0.3) is 0 Å². The van der Waals surface area contributed by atoms with Gasteiger partial charge in [0.15, 0.2) is 5.78 Å². The number of carboxylic acid groups (broad SMARTS) is 1. The van der Waals surface area contributed by atoms with Gasteiger partial charge in [-0.1, -0.05) is 50.6 Å². The molecule has 0 radical (unpaired) electrons. The van der Waals surface area contributed by atoms with Crippen LogP contribution in [-0.2, 0) is 4.74 Å². The lowest BCUT2D eigenvalue weighted by Gasteiger charge is -1.96. The maximum atomic E-state index is 11.2. The van der Waals surface area contributed by atoms with Crippen LogP contribution in [0.15, 0.2) is 30.3 Å². The van der Waals surface area contributed by atoms with E-state index in [4.69, 9.17) is 5.11 Å². The van der Waals surface area contributed by atoms with Gasteiger partial charge < -0.3 is 9.84 Å². The summed E-state index contributed by atoms with van der Waals surface area (Å²) >= 11 is 0. The van der Waals surface area contributed by atoms with Gasteiger partial charge in [0.1, 0.15) is 0 Å². The Morgan fingerprint density at radius 3 is 2.21 bits per heavy atom. The Balaban J connectivity index is 0.000000362. The molecular formula is C15H22O4. The smallest absolute Gasteiger partial charge is 0.450 e. The second-order valence-electron chi connectivity index (χ2n) is 4.01. The molecule has 1 rings (SSSR count). The normalized spacial score (nSPS) is 9.16. The highest BCUT2D eigenvalue weighted by atomic mass is 16.7. The fourth-order valence-corrected chi connectivity index (χ4v) is 1.30. The van der Waals surface area contributed by atoms with Gasteiger partial charge in [0, 0.05) is 12.0 Å². The topological polar surface area (TPSA) is 63.6 Å². The lowest BCUT2D eigenvalue weighted by Crippen LogP contribution is -2.00. The summed E-state index contributed by atoms with van der Waals surface area (Å²) in [5.41, 5.74) is 0.828. The molecule has 0 amide bonds. The number of carbonyl (C=O) groups excluding carboxylic acids is 1. The summed E-state index contributed by atoms with van der Waals surface area (Å²) in [5, 5.41) is 7.92. The number of benzene rings is 1. The molecule has 1 N–H and O–H groups in total. The summed E-state index contributed by atoms with van der Waals surface area (Å²) in [6.07, 6.45) is 2.18. The standard InChI is InChI=1S/C10H12O.C5H10O3/c1-2-6-10(11)9-7-4-3-5-8-9;1-2-3-4-8-5(6)7/h3-5,7-8H,2,6H2,1H3;2-4H2,1H3,(H,6,7). The summed E-state index contributed by atoms with van der Waals surface area (Å²) in [4.78, 5) is 20.9. The number of carbonyl (C=O) groups is 2. The third-order valence-electron chi connectivity index (χ3n) is 2.30. The Hall–Kier alpha value is -1.84. The number of hydrogen-bond donors (Lipinski definition) is 1. The number of unbranched alkanes of at least 4 members (excludes halogenated alkanes) is 1. The van der Waals surface area contributed by atoms with Crippen LogP contribution < -0.4 is 0 Å². The number of rotatable bonds is 6. The van der Waals surface area contributed by atoms with Crippen LogP contribution in [0.1, 0.15) is 49.9 Å². The number of ether oxygens (including phenoxy) is 1. The predicted molar refractivity (Wildman–Crippen MR) is 74.6 cm³/mol. The molecule has 106 valence electrons. The summed E-state index contributed by atoms with van der Waals surface area (Å²) in [7, 11) is 0. The first-order valence-corrected chi connectivity index (χ1v) is 6.55. The van der Waals surface area contributed by atoms with E-state index in [-0.39, 0.29) is 5.78 Å². The van der Waals surface area contributed by atoms with E-state index in [0.29, 0.717) is 13.0 Å². The van der Waals surface area contributed by atoms with Crippen LogP contribution in [0.25, 0.3) is 0 Å². The van der Waals surface area contributed by atoms with E-state index in [1.54, 1.807) is 0 Å². The number of Topliss-reactive ketones (excluding diaryl/α,β-unsaturated/α-hetero) is 1. The van der Waals surface area contributed by atoms with Crippen LogP contribution in [0, 0.1) is 0 Å². The zero-order chi connectivity index (χ0) is 14.5. The molecule has 19 heavy (non-hydrogen) atoms. The average Bonchev–Trinajstić information content (AvgIpc) is 2.41. The van der Waals surface area contributed by atoms with Gasteiger partial charge in [-0.2, -0.15) is 0 Å². The highest BCUT2D eigenvalue weighted by Gasteiger charge is 2.01. The van der Waals surface area contributed by atoms with E-state index in [2.05, 4.69) is 4.74 Å². The van der Waals surface area contributed by atoms with Crippen molar-refractivity contribution in [3.05, 3.63) is 35.9 Å². The van der Waals surface area contributed by atoms with E-state index in [1.807, 2.05) is 44.2 Å². The Morgan fingerprint density at radius 2 is 1.74 bits per heavy atom. The molecule has 1 aromatic rings. The van der Waals surface area contributed by atoms with Crippen molar-refractivity contribution in [3.8, 4) is 0 Å². The molecule has 0 spiro atoms. The quantitative estimate of drug-likeness (QED) is 0.477. The van der Waals surface area contributed by atoms with Crippen molar-refractivity contribution in [2.24, 2.45) is 0 Å². The van der Waals surface area contributed by atoms with Crippen LogP contribution in [0.5, 0.6) is 0 Å². The van der Waals surface area contributed by atoms with Crippen LogP contribution >= 0.6 is 0 Å². The van der Waals surface area contributed by atoms with Crippen LogP contribution in [-0.4, -0.2) is 23.7 Å². The molecule has 4 nitrogen and oxygen atoms in total. The number of ketones is 1. The van der Waals surface area contributed by atoms with Crippen molar-refractivity contribution in [2.75, 3.05) is 6.61 Å². The minimum absolute atomic E-state index is 0.244. The van der Waals surface area contributed by atoms with Gasteiger partial charge in [-0.05, 0) is 12.8 Å². The zero-order valence-electron chi connectivity index (χ0n) is 11.6. The van der Waals surface area contributed by atoms with Crippen LogP contribution in [0.3, 0.4) is 0 Å². The van der Waals surface area contributed by atoms with Gasteiger partial charge >= 0.3 is 6.16 Å². The summed E-state index contributed by atoms with van der Waals surface area (Å²) in [6.45, 7) is 4.32. The van der Waals surface area contributed by atoms with Crippen LogP contribution in [0.2, 0.25) is 0 Å². The third-order valence-corrected chi connectivity index (χ3v) is 2.30. The molecule has 0 aliphatic rings. The molecule has 0 atom stereocenters. The van der Waals surface area contributed by atoms with Crippen LogP contribution in [0.4, 0.5) is 4.79 Å². The van der Waals surface area contributed by atoms with E-state index in [0.717, 1.165) is 24.8 Å². The van der Waals surface area contributed by atoms with Crippen molar-refractivity contribution < 1.29 is 19.4 Å². The van der Waals surface area contributed by atoms with Crippen molar-refractivity contribution in [2.45, 2.75) is 39.5 Å². The summed E-state index contributed by atoms with van der Waals surface area (Å²) in [5.74, 6) is 0.244. The molecule has 0 unspecified atom stereocenters. The van der Waals surface area contributed by atoms with Crippen molar-refractivity contribution in [1.82, 2.24) is 0 Å². The molecular weight excluding hydrogens is 244 g/mol.